The lowest BCUT2D eigenvalue weighted by Gasteiger charge is -2.17. The van der Waals surface area contributed by atoms with Gasteiger partial charge in [0.25, 0.3) is 5.91 Å². The predicted molar refractivity (Wildman–Crippen MR) is 116 cm³/mol. The summed E-state index contributed by atoms with van der Waals surface area (Å²) in [6.07, 6.45) is 3.06. The van der Waals surface area contributed by atoms with E-state index >= 15 is 0 Å². The number of para-hydroxylation sites is 1. The molecule has 1 atom stereocenters. The number of aromatic nitrogens is 1. The normalized spacial score (nSPS) is 11.4. The second kappa shape index (κ2) is 10.1. The molecule has 0 aliphatic rings. The van der Waals surface area contributed by atoms with E-state index < -0.39 is 5.91 Å². The number of pyridine rings is 1. The zero-order chi connectivity index (χ0) is 21.3. The van der Waals surface area contributed by atoms with E-state index in [0.29, 0.717) is 11.4 Å². The monoisotopic (exact) mass is 404 g/mol. The lowest BCUT2D eigenvalue weighted by atomic mass is 10.0. The number of hydrogen-bond donors (Lipinski definition) is 3. The Bertz CT molecular complexity index is 991. The van der Waals surface area contributed by atoms with E-state index in [1.165, 1.54) is 11.8 Å². The Morgan fingerprint density at radius 2 is 1.77 bits per heavy atom. The Morgan fingerprint density at radius 1 is 1.03 bits per heavy atom. The molecule has 2 aromatic carbocycles. The van der Waals surface area contributed by atoms with Crippen molar-refractivity contribution in [2.75, 3.05) is 5.32 Å². The Labute approximate surface area is 175 Å². The number of ether oxygens (including phenoxy) is 1. The highest BCUT2D eigenvalue weighted by Gasteiger charge is 2.12. The van der Waals surface area contributed by atoms with E-state index in [9.17, 15) is 9.59 Å². The number of hydrogen-bond acceptors (Lipinski definition) is 4. The molecule has 0 radical (unpaired) electrons. The van der Waals surface area contributed by atoms with E-state index in [4.69, 9.17) is 10.5 Å². The third-order valence-electron chi connectivity index (χ3n) is 4.51. The van der Waals surface area contributed by atoms with Gasteiger partial charge in [0.05, 0.1) is 17.4 Å². The van der Waals surface area contributed by atoms with Gasteiger partial charge in [0, 0.05) is 12.1 Å². The molecule has 1 aromatic heterocycles. The van der Waals surface area contributed by atoms with Crippen molar-refractivity contribution in [3.05, 3.63) is 84.1 Å². The van der Waals surface area contributed by atoms with Crippen LogP contribution in [0.25, 0.3) is 0 Å². The summed E-state index contributed by atoms with van der Waals surface area (Å²) in [4.78, 5) is 28.0. The number of anilines is 1. The maximum Gasteiger partial charge on any atom is 0.319 e. The highest BCUT2D eigenvalue weighted by molar-refractivity contribution is 5.95. The van der Waals surface area contributed by atoms with E-state index in [2.05, 4.69) is 15.6 Å². The highest BCUT2D eigenvalue weighted by atomic mass is 16.5. The summed E-state index contributed by atoms with van der Waals surface area (Å²) >= 11 is 0. The summed E-state index contributed by atoms with van der Waals surface area (Å²) in [5.74, 6) is 0.0226. The quantitative estimate of drug-likeness (QED) is 0.525. The van der Waals surface area contributed by atoms with Crippen LogP contribution < -0.4 is 21.1 Å². The number of nitrogens with one attached hydrogen (secondary N) is 2. The summed E-state index contributed by atoms with van der Waals surface area (Å²) in [7, 11) is 0. The molecule has 7 nitrogen and oxygen atoms in total. The average molecular weight is 404 g/mol. The molecule has 30 heavy (non-hydrogen) atoms. The van der Waals surface area contributed by atoms with Crippen LogP contribution in [0.2, 0.25) is 0 Å². The standard InChI is InChI=1S/C23H24N4O3/c1-2-17(14-16-8-4-3-5-9-16)26-23(29)27-18-12-13-21(25-15-18)30-20-11-7-6-10-19(20)22(24)28/h3-13,15,17H,2,14H2,1H3,(H2,24,28)(H2,26,27,29). The van der Waals surface area contributed by atoms with Crippen LogP contribution >= 0.6 is 0 Å². The van der Waals surface area contributed by atoms with Crippen molar-refractivity contribution in [3.8, 4) is 11.6 Å². The van der Waals surface area contributed by atoms with Crippen LogP contribution in [0, 0.1) is 0 Å². The van der Waals surface area contributed by atoms with Gasteiger partial charge in [0.1, 0.15) is 5.75 Å². The number of benzene rings is 2. The first kappa shape index (κ1) is 20.9. The fourth-order valence-corrected chi connectivity index (χ4v) is 2.94. The largest absolute Gasteiger partial charge is 0.438 e. The zero-order valence-corrected chi connectivity index (χ0v) is 16.7. The lowest BCUT2D eigenvalue weighted by molar-refractivity contribution is 0.0998. The van der Waals surface area contributed by atoms with Gasteiger partial charge in [0.2, 0.25) is 5.88 Å². The Balaban J connectivity index is 1.57. The van der Waals surface area contributed by atoms with Gasteiger partial charge >= 0.3 is 6.03 Å². The van der Waals surface area contributed by atoms with Crippen LogP contribution in [0.4, 0.5) is 10.5 Å². The van der Waals surface area contributed by atoms with Crippen molar-refractivity contribution in [1.29, 1.82) is 0 Å². The summed E-state index contributed by atoms with van der Waals surface area (Å²) in [6, 6.07) is 19.7. The molecule has 0 aliphatic heterocycles. The number of urea groups is 1. The Morgan fingerprint density at radius 3 is 2.43 bits per heavy atom. The molecule has 1 heterocycles. The second-order valence-electron chi connectivity index (χ2n) is 6.74. The van der Waals surface area contributed by atoms with Gasteiger partial charge in [-0.2, -0.15) is 0 Å². The van der Waals surface area contributed by atoms with Crippen molar-refractivity contribution in [2.24, 2.45) is 5.73 Å². The third-order valence-corrected chi connectivity index (χ3v) is 4.51. The number of rotatable bonds is 8. The third kappa shape index (κ3) is 5.81. The van der Waals surface area contributed by atoms with Crippen molar-refractivity contribution in [3.63, 3.8) is 0 Å². The molecule has 154 valence electrons. The molecule has 1 unspecified atom stereocenters. The maximum absolute atomic E-state index is 12.3. The first-order chi connectivity index (χ1) is 14.5. The van der Waals surface area contributed by atoms with Crippen LogP contribution in [0.5, 0.6) is 11.6 Å². The smallest absolute Gasteiger partial charge is 0.319 e. The van der Waals surface area contributed by atoms with Crippen molar-refractivity contribution in [1.82, 2.24) is 10.3 Å². The molecule has 4 N–H and O–H groups in total. The molecule has 0 saturated carbocycles. The van der Waals surface area contributed by atoms with Crippen LogP contribution in [-0.2, 0) is 6.42 Å². The summed E-state index contributed by atoms with van der Waals surface area (Å²) < 4.78 is 5.64. The van der Waals surface area contributed by atoms with E-state index in [0.717, 1.165) is 12.8 Å². The lowest BCUT2D eigenvalue weighted by Crippen LogP contribution is -2.38. The molecular weight excluding hydrogens is 380 g/mol. The van der Waals surface area contributed by atoms with Gasteiger partial charge < -0.3 is 21.1 Å². The van der Waals surface area contributed by atoms with Crippen LogP contribution in [0.3, 0.4) is 0 Å². The van der Waals surface area contributed by atoms with Crippen molar-refractivity contribution in [2.45, 2.75) is 25.8 Å². The van der Waals surface area contributed by atoms with Crippen LogP contribution in [0.1, 0.15) is 29.3 Å². The molecule has 3 rings (SSSR count). The Kier molecular flexibility index (Phi) is 7.00. The SMILES string of the molecule is CCC(Cc1ccccc1)NC(=O)Nc1ccc(Oc2ccccc2C(N)=O)nc1. The van der Waals surface area contributed by atoms with Gasteiger partial charge in [-0.25, -0.2) is 9.78 Å². The first-order valence-electron chi connectivity index (χ1n) is 9.69. The topological polar surface area (TPSA) is 106 Å². The minimum Gasteiger partial charge on any atom is -0.438 e. The number of amides is 3. The van der Waals surface area contributed by atoms with E-state index in [1.54, 1.807) is 36.4 Å². The molecule has 0 aliphatic carbocycles. The van der Waals surface area contributed by atoms with E-state index in [1.807, 2.05) is 37.3 Å². The predicted octanol–water partition coefficient (Wildman–Crippen LogP) is 4.12. The van der Waals surface area contributed by atoms with Gasteiger partial charge in [-0.1, -0.05) is 49.4 Å². The summed E-state index contributed by atoms with van der Waals surface area (Å²) in [6.45, 7) is 2.03. The highest BCUT2D eigenvalue weighted by Crippen LogP contribution is 2.24. The molecule has 0 fully saturated rings. The molecule has 0 bridgehead atoms. The number of carbonyl (C=O) groups excluding carboxylic acids is 2. The zero-order valence-electron chi connectivity index (χ0n) is 16.7. The van der Waals surface area contributed by atoms with Crippen molar-refractivity contribution < 1.29 is 14.3 Å². The number of carbonyl (C=O) groups is 2. The fraction of sp³-hybridized carbons (Fsp3) is 0.174. The van der Waals surface area contributed by atoms with Gasteiger partial charge in [-0.15, -0.1) is 0 Å². The molecule has 0 saturated heterocycles. The summed E-state index contributed by atoms with van der Waals surface area (Å²) in [5, 5.41) is 5.75. The minimum atomic E-state index is -0.582. The molecular formula is C23H24N4O3. The van der Waals surface area contributed by atoms with Gasteiger partial charge in [0.15, 0.2) is 0 Å². The second-order valence-corrected chi connectivity index (χ2v) is 6.74. The minimum absolute atomic E-state index is 0.0215. The first-order valence-corrected chi connectivity index (χ1v) is 9.69. The van der Waals surface area contributed by atoms with Crippen LogP contribution in [0.15, 0.2) is 72.9 Å². The van der Waals surface area contributed by atoms with Crippen LogP contribution in [-0.4, -0.2) is 23.0 Å². The molecule has 7 heteroatoms. The molecule has 0 spiro atoms. The average Bonchev–Trinajstić information content (AvgIpc) is 2.75. The summed E-state index contributed by atoms with van der Waals surface area (Å²) in [5.41, 5.74) is 7.32. The maximum atomic E-state index is 12.3. The number of nitrogens with zero attached hydrogens (tertiary/aromatic N) is 1. The Hall–Kier alpha value is -3.87. The number of nitrogens with two attached hydrogens (primary N) is 1. The van der Waals surface area contributed by atoms with Gasteiger partial charge in [-0.05, 0) is 36.6 Å². The van der Waals surface area contributed by atoms with Gasteiger partial charge in [-0.3, -0.25) is 4.79 Å². The fourth-order valence-electron chi connectivity index (χ4n) is 2.94. The number of primary amides is 1. The molecule has 3 amide bonds. The van der Waals surface area contributed by atoms with E-state index in [-0.39, 0.29) is 23.5 Å². The molecule has 3 aromatic rings. The van der Waals surface area contributed by atoms with Crippen molar-refractivity contribution >= 4 is 17.6 Å².